The monoisotopic (exact) mass is 204 g/mol. The highest BCUT2D eigenvalue weighted by Gasteiger charge is 1.96. The van der Waals surface area contributed by atoms with E-state index in [1.165, 1.54) is 0 Å². The number of carbonyl (C=O) groups is 1. The lowest BCUT2D eigenvalue weighted by Gasteiger charge is -1.92. The molecule has 0 saturated carbocycles. The molecule has 0 radical (unpaired) electrons. The molecule has 0 fully saturated rings. The molecule has 1 aromatic carbocycles. The highest BCUT2D eigenvalue weighted by molar-refractivity contribution is 5.85. The number of hydrogen-bond donors (Lipinski definition) is 2. The summed E-state index contributed by atoms with van der Waals surface area (Å²) >= 11 is 0. The standard InChI is InChI=1S/C8H8O2.CH4O.ClH/c9-8(10)6-7-4-2-1-3-5-7;1-2;/h1-5H,6H2,(H,9,10);2H,1H3;1H. The van der Waals surface area contributed by atoms with Crippen molar-refractivity contribution in [3.63, 3.8) is 0 Å². The van der Waals surface area contributed by atoms with E-state index in [-0.39, 0.29) is 18.8 Å². The van der Waals surface area contributed by atoms with E-state index in [4.69, 9.17) is 10.2 Å². The minimum absolute atomic E-state index is 0. The van der Waals surface area contributed by atoms with Crippen LogP contribution in [0.1, 0.15) is 5.56 Å². The van der Waals surface area contributed by atoms with Crippen LogP contribution in [0.2, 0.25) is 0 Å². The van der Waals surface area contributed by atoms with Crippen molar-refractivity contribution in [1.82, 2.24) is 0 Å². The molecule has 4 heteroatoms. The van der Waals surface area contributed by atoms with Crippen LogP contribution in [-0.2, 0) is 11.2 Å². The molecular formula is C9H13ClO3. The Morgan fingerprint density at radius 1 is 1.23 bits per heavy atom. The molecule has 0 aliphatic carbocycles. The molecule has 1 rings (SSSR count). The maximum absolute atomic E-state index is 10.2. The second-order valence-electron chi connectivity index (χ2n) is 2.06. The quantitative estimate of drug-likeness (QED) is 0.765. The zero-order valence-electron chi connectivity index (χ0n) is 7.30. The predicted molar refractivity (Wildman–Crippen MR) is 53.2 cm³/mol. The first-order chi connectivity index (χ1) is 5.79. The largest absolute Gasteiger partial charge is 0.481 e. The van der Waals surface area contributed by atoms with Gasteiger partial charge in [0.15, 0.2) is 0 Å². The summed E-state index contributed by atoms with van der Waals surface area (Å²) in [7, 11) is 1.00. The smallest absolute Gasteiger partial charge is 0.307 e. The van der Waals surface area contributed by atoms with Gasteiger partial charge < -0.3 is 10.2 Å². The van der Waals surface area contributed by atoms with Crippen LogP contribution in [0.4, 0.5) is 0 Å². The summed E-state index contributed by atoms with van der Waals surface area (Å²) in [5.74, 6) is -0.786. The lowest BCUT2D eigenvalue weighted by molar-refractivity contribution is -0.136. The van der Waals surface area contributed by atoms with Gasteiger partial charge in [-0.25, -0.2) is 0 Å². The van der Waals surface area contributed by atoms with Crippen molar-refractivity contribution < 1.29 is 15.0 Å². The van der Waals surface area contributed by atoms with Crippen molar-refractivity contribution >= 4 is 18.4 Å². The van der Waals surface area contributed by atoms with E-state index in [0.717, 1.165) is 12.7 Å². The van der Waals surface area contributed by atoms with Crippen molar-refractivity contribution in [2.45, 2.75) is 6.42 Å². The molecule has 3 nitrogen and oxygen atoms in total. The van der Waals surface area contributed by atoms with E-state index in [1.54, 1.807) is 12.1 Å². The number of hydrogen-bond acceptors (Lipinski definition) is 2. The van der Waals surface area contributed by atoms with Crippen LogP contribution in [0.15, 0.2) is 30.3 Å². The lowest BCUT2D eigenvalue weighted by Crippen LogP contribution is -1.98. The Kier molecular flexibility index (Phi) is 10.0. The van der Waals surface area contributed by atoms with Crippen molar-refractivity contribution in [2.24, 2.45) is 0 Å². The summed E-state index contributed by atoms with van der Waals surface area (Å²) in [5.41, 5.74) is 0.843. The maximum atomic E-state index is 10.2. The van der Waals surface area contributed by atoms with E-state index in [1.807, 2.05) is 18.2 Å². The van der Waals surface area contributed by atoms with Crippen molar-refractivity contribution in [3.05, 3.63) is 35.9 Å². The van der Waals surface area contributed by atoms with Crippen LogP contribution in [-0.4, -0.2) is 23.3 Å². The maximum Gasteiger partial charge on any atom is 0.307 e. The Hall–Kier alpha value is -1.06. The number of halogens is 1. The fraction of sp³-hybridized carbons (Fsp3) is 0.222. The third-order valence-corrected chi connectivity index (χ3v) is 1.20. The molecule has 0 aromatic heterocycles. The molecule has 0 saturated heterocycles. The molecule has 0 unspecified atom stereocenters. The van der Waals surface area contributed by atoms with Gasteiger partial charge in [0.05, 0.1) is 6.42 Å². The second kappa shape index (κ2) is 9.03. The Balaban J connectivity index is 0. The molecule has 0 aliphatic rings. The molecule has 1 aromatic rings. The number of rotatable bonds is 2. The number of aliphatic hydroxyl groups excluding tert-OH is 1. The Morgan fingerprint density at radius 3 is 2.08 bits per heavy atom. The number of benzene rings is 1. The van der Waals surface area contributed by atoms with Gasteiger partial charge in [0, 0.05) is 7.11 Å². The molecule has 0 spiro atoms. The summed E-state index contributed by atoms with van der Waals surface area (Å²) in [6.07, 6.45) is 0.112. The fourth-order valence-electron chi connectivity index (χ4n) is 0.770. The highest BCUT2D eigenvalue weighted by atomic mass is 35.5. The molecule has 0 aliphatic heterocycles. The van der Waals surface area contributed by atoms with Crippen LogP contribution in [0, 0.1) is 0 Å². The van der Waals surface area contributed by atoms with Crippen LogP contribution < -0.4 is 0 Å². The third kappa shape index (κ3) is 7.31. The minimum Gasteiger partial charge on any atom is -0.481 e. The average molecular weight is 205 g/mol. The van der Waals surface area contributed by atoms with Crippen LogP contribution in [0.25, 0.3) is 0 Å². The molecular weight excluding hydrogens is 192 g/mol. The first-order valence-corrected chi connectivity index (χ1v) is 3.49. The Bertz CT molecular complexity index is 224. The molecule has 0 atom stereocenters. The van der Waals surface area contributed by atoms with Gasteiger partial charge in [0.2, 0.25) is 0 Å². The summed E-state index contributed by atoms with van der Waals surface area (Å²) in [5, 5.41) is 15.4. The molecule has 2 N–H and O–H groups in total. The summed E-state index contributed by atoms with van der Waals surface area (Å²) in [4.78, 5) is 10.2. The van der Waals surface area contributed by atoms with Gasteiger partial charge in [0.25, 0.3) is 0 Å². The molecule has 0 amide bonds. The predicted octanol–water partition coefficient (Wildman–Crippen LogP) is 1.34. The number of aliphatic hydroxyl groups is 1. The van der Waals surface area contributed by atoms with Gasteiger partial charge >= 0.3 is 5.97 Å². The lowest BCUT2D eigenvalue weighted by atomic mass is 10.2. The van der Waals surface area contributed by atoms with Gasteiger partial charge in [0.1, 0.15) is 0 Å². The van der Waals surface area contributed by atoms with Crippen LogP contribution in [0.3, 0.4) is 0 Å². The van der Waals surface area contributed by atoms with E-state index in [2.05, 4.69) is 0 Å². The SMILES string of the molecule is CO.Cl.O=C(O)Cc1ccccc1. The Morgan fingerprint density at radius 2 is 1.69 bits per heavy atom. The van der Waals surface area contributed by atoms with Gasteiger partial charge in [-0.1, -0.05) is 30.3 Å². The van der Waals surface area contributed by atoms with E-state index >= 15 is 0 Å². The topological polar surface area (TPSA) is 57.5 Å². The summed E-state index contributed by atoms with van der Waals surface area (Å²) < 4.78 is 0. The van der Waals surface area contributed by atoms with E-state index < -0.39 is 5.97 Å². The third-order valence-electron chi connectivity index (χ3n) is 1.20. The van der Waals surface area contributed by atoms with Gasteiger partial charge in [-0.3, -0.25) is 4.79 Å². The second-order valence-corrected chi connectivity index (χ2v) is 2.06. The first kappa shape index (κ1) is 14.5. The zero-order chi connectivity index (χ0) is 9.40. The van der Waals surface area contributed by atoms with Gasteiger partial charge in [-0.2, -0.15) is 0 Å². The average Bonchev–Trinajstić information content (AvgIpc) is 2.08. The number of aliphatic carboxylic acids is 1. The fourth-order valence-corrected chi connectivity index (χ4v) is 0.770. The van der Waals surface area contributed by atoms with Gasteiger partial charge in [-0.15, -0.1) is 12.4 Å². The summed E-state index contributed by atoms with van der Waals surface area (Å²) in [6, 6.07) is 9.13. The number of carboxylic acid groups (broad SMARTS) is 1. The number of carboxylic acids is 1. The summed E-state index contributed by atoms with van der Waals surface area (Å²) in [6.45, 7) is 0. The highest BCUT2D eigenvalue weighted by Crippen LogP contribution is 1.98. The molecule has 0 heterocycles. The molecule has 0 bridgehead atoms. The van der Waals surface area contributed by atoms with Crippen molar-refractivity contribution in [3.8, 4) is 0 Å². The normalized spacial score (nSPS) is 7.54. The van der Waals surface area contributed by atoms with Crippen molar-refractivity contribution in [2.75, 3.05) is 7.11 Å². The zero-order valence-corrected chi connectivity index (χ0v) is 8.12. The molecule has 13 heavy (non-hydrogen) atoms. The van der Waals surface area contributed by atoms with E-state index in [0.29, 0.717) is 0 Å². The minimum atomic E-state index is -0.786. The Labute approximate surface area is 83.4 Å². The van der Waals surface area contributed by atoms with Gasteiger partial charge in [-0.05, 0) is 5.56 Å². The van der Waals surface area contributed by atoms with Crippen molar-refractivity contribution in [1.29, 1.82) is 0 Å². The van der Waals surface area contributed by atoms with Crippen LogP contribution >= 0.6 is 12.4 Å². The van der Waals surface area contributed by atoms with E-state index in [9.17, 15) is 4.79 Å². The van der Waals surface area contributed by atoms with Crippen LogP contribution in [0.5, 0.6) is 0 Å². The first-order valence-electron chi connectivity index (χ1n) is 3.49. The molecule has 74 valence electrons.